The van der Waals surface area contributed by atoms with E-state index in [0.29, 0.717) is 24.3 Å². The molecule has 6 fully saturated rings. The van der Waals surface area contributed by atoms with Crippen LogP contribution >= 0.6 is 0 Å². The molecule has 23 nitrogen and oxygen atoms in total. The van der Waals surface area contributed by atoms with Crippen LogP contribution in [0.2, 0.25) is 0 Å². The van der Waals surface area contributed by atoms with Gasteiger partial charge in [0.25, 0.3) is 20.2 Å². The molecule has 4 bridgehead atoms. The van der Waals surface area contributed by atoms with Crippen molar-refractivity contribution in [2.75, 3.05) is 26.4 Å². The molecular weight excluding hydrogens is 1450 g/mol. The second-order valence-corrected chi connectivity index (χ2v) is 35.8. The van der Waals surface area contributed by atoms with Crippen LogP contribution in [0.1, 0.15) is 94.4 Å². The Labute approximate surface area is 609 Å². The van der Waals surface area contributed by atoms with Crippen molar-refractivity contribution in [3.05, 3.63) is 168 Å². The number of rotatable bonds is 26. The molecule has 4 aliphatic carbocycles. The Kier molecular flexibility index (Phi) is 24.5. The Bertz CT molecular complexity index is 4270. The van der Waals surface area contributed by atoms with E-state index < -0.39 is 119 Å². The van der Waals surface area contributed by atoms with Crippen molar-refractivity contribution in [1.82, 2.24) is 0 Å². The first kappa shape index (κ1) is 78.3. The number of carbonyl (C=O) groups is 4. The Morgan fingerprint density at radius 2 is 0.875 bits per heavy atom. The van der Waals surface area contributed by atoms with E-state index in [1.54, 1.807) is 13.0 Å². The molecule has 2 aliphatic heterocycles. The number of nitrogens with zero attached hydrogens (tertiary/aromatic N) is 4. The second-order valence-electron chi connectivity index (χ2n) is 26.6. The smallest absolute Gasteiger partial charge is 0.367 e. The summed E-state index contributed by atoms with van der Waals surface area (Å²) in [5.74, 6) is -1.55. The SMILES string of the molecule is CCOC(=O)CCC(C)(C#N)N=NC(C)(C#N)CCC(=O)OCC(F)(F)S(=O)(=O)[O-].Cc1cc([S+](c2ccccc2)c2ccccc2)cc(C)c1OCC(=O)OC1C2CC3C1OS(=O)(=O)C3C2.Cc1cc([S+](c2ccccc2)c2ccccc2)cc(C)c1OCC(=O)OC1C2CC3C1OS(=O)(=O)C3C2. The number of benzene rings is 6. The zero-order valence-corrected chi connectivity index (χ0v) is 62.0. The van der Waals surface area contributed by atoms with Crippen molar-refractivity contribution >= 4 is 76.0 Å². The zero-order valence-electron chi connectivity index (χ0n) is 58.0. The van der Waals surface area contributed by atoms with Gasteiger partial charge >= 0.3 is 29.1 Å². The first-order valence-electron chi connectivity index (χ1n) is 33.6. The first-order chi connectivity index (χ1) is 49.3. The number of esters is 4. The van der Waals surface area contributed by atoms with Gasteiger partial charge in [0.05, 0.1) is 51.0 Å². The zero-order chi connectivity index (χ0) is 75.1. The first-order valence-corrected chi connectivity index (χ1v) is 40.4. The average Bonchev–Trinajstić information content (AvgIpc) is 1.56. The summed E-state index contributed by atoms with van der Waals surface area (Å²) in [5.41, 5.74) is 0.671. The van der Waals surface area contributed by atoms with Crippen molar-refractivity contribution in [3.63, 3.8) is 0 Å². The molecule has 2 heterocycles. The van der Waals surface area contributed by atoms with E-state index in [1.807, 2.05) is 58.0 Å². The quantitative estimate of drug-likeness (QED) is 0.0122. The van der Waals surface area contributed by atoms with E-state index in [9.17, 15) is 68.3 Å². The fourth-order valence-corrected chi connectivity index (χ4v) is 22.5. The minimum Gasteiger partial charge on any atom is -0.743 e. The largest absolute Gasteiger partial charge is 0.743 e. The summed E-state index contributed by atoms with van der Waals surface area (Å²) in [4.78, 5) is 55.6. The van der Waals surface area contributed by atoms with Crippen LogP contribution in [-0.4, -0.2) is 131 Å². The van der Waals surface area contributed by atoms with Crippen LogP contribution in [0.5, 0.6) is 11.5 Å². The van der Waals surface area contributed by atoms with E-state index >= 15 is 0 Å². The van der Waals surface area contributed by atoms with E-state index in [2.05, 4.69) is 136 Å². The van der Waals surface area contributed by atoms with Gasteiger partial charge in [-0.15, -0.1) is 0 Å². The van der Waals surface area contributed by atoms with Crippen LogP contribution in [0.3, 0.4) is 0 Å². The third kappa shape index (κ3) is 18.1. The van der Waals surface area contributed by atoms with E-state index in [-0.39, 0.29) is 84.5 Å². The molecule has 0 aromatic heterocycles. The minimum absolute atomic E-state index is 0.0397. The molecule has 552 valence electrons. The average molecular weight is 1530 g/mol. The van der Waals surface area contributed by atoms with Crippen molar-refractivity contribution in [2.45, 2.75) is 180 Å². The van der Waals surface area contributed by atoms with Gasteiger partial charge in [0.1, 0.15) is 35.9 Å². The van der Waals surface area contributed by atoms with Gasteiger partial charge in [-0.3, -0.25) is 18.0 Å². The maximum atomic E-state index is 13.0. The van der Waals surface area contributed by atoms with Crippen LogP contribution in [0.4, 0.5) is 8.78 Å². The molecule has 30 heteroatoms. The van der Waals surface area contributed by atoms with Crippen LogP contribution in [-0.2, 0) is 98.6 Å². The molecule has 0 spiro atoms. The maximum Gasteiger partial charge on any atom is 0.367 e. The molecule has 6 aromatic rings. The fraction of sp³-hybridized carbons (Fsp3) is 0.432. The highest BCUT2D eigenvalue weighted by molar-refractivity contribution is 7.97. The van der Waals surface area contributed by atoms with Gasteiger partial charge < -0.3 is 33.0 Å². The highest BCUT2D eigenvalue weighted by Crippen LogP contribution is 2.57. The Morgan fingerprint density at radius 3 is 1.18 bits per heavy atom. The van der Waals surface area contributed by atoms with Gasteiger partial charge in [0, 0.05) is 60.8 Å². The molecule has 6 aliphatic rings. The lowest BCUT2D eigenvalue weighted by Gasteiger charge is -2.25. The summed E-state index contributed by atoms with van der Waals surface area (Å²) >= 11 is 0. The summed E-state index contributed by atoms with van der Waals surface area (Å²) in [6, 6.07) is 53.9. The molecule has 4 saturated carbocycles. The number of halogens is 2. The summed E-state index contributed by atoms with van der Waals surface area (Å²) in [6.45, 7) is 9.93. The predicted molar refractivity (Wildman–Crippen MR) is 374 cm³/mol. The predicted octanol–water partition coefficient (Wildman–Crippen LogP) is 11.5. The van der Waals surface area contributed by atoms with E-state index in [1.165, 1.54) is 43.2 Å². The van der Waals surface area contributed by atoms with Gasteiger partial charge in [-0.25, -0.2) is 18.0 Å². The Morgan fingerprint density at radius 1 is 0.548 bits per heavy atom. The topological polar surface area (TPSA) is 340 Å². The summed E-state index contributed by atoms with van der Waals surface area (Å²) in [6.07, 6.45) is -0.794. The monoisotopic (exact) mass is 1530 g/mol. The van der Waals surface area contributed by atoms with Crippen molar-refractivity contribution < 1.29 is 94.6 Å². The van der Waals surface area contributed by atoms with Gasteiger partial charge in [-0.1, -0.05) is 72.8 Å². The molecular formula is C74H79F2N4O19S5+. The number of hydrogen-bond donors (Lipinski definition) is 0. The molecule has 6 aromatic carbocycles. The number of carbonyl (C=O) groups excluding carboxylic acids is 4. The minimum atomic E-state index is -6.00. The summed E-state index contributed by atoms with van der Waals surface area (Å²) < 4.78 is 148. The highest BCUT2D eigenvalue weighted by atomic mass is 32.2. The normalized spacial score (nSPS) is 23.8. The maximum absolute atomic E-state index is 13.0. The van der Waals surface area contributed by atoms with Crippen molar-refractivity contribution in [3.8, 4) is 23.6 Å². The lowest BCUT2D eigenvalue weighted by molar-refractivity contribution is -0.159. The van der Waals surface area contributed by atoms with Gasteiger partial charge in [0.15, 0.2) is 70.4 Å². The molecule has 0 N–H and O–H groups in total. The molecule has 12 atom stereocenters. The molecule has 12 unspecified atom stereocenters. The van der Waals surface area contributed by atoms with Crippen molar-refractivity contribution in [1.29, 1.82) is 10.5 Å². The molecule has 0 amide bonds. The van der Waals surface area contributed by atoms with Crippen LogP contribution in [0.25, 0.3) is 0 Å². The van der Waals surface area contributed by atoms with Gasteiger partial charge in [-0.2, -0.15) is 46.4 Å². The van der Waals surface area contributed by atoms with Crippen LogP contribution in [0, 0.1) is 74.0 Å². The van der Waals surface area contributed by atoms with Crippen LogP contribution in [0.15, 0.2) is 185 Å². The third-order valence-electron chi connectivity index (χ3n) is 19.0. The van der Waals surface area contributed by atoms with Crippen molar-refractivity contribution in [2.24, 2.45) is 33.9 Å². The number of azo groups is 1. The number of ether oxygens (including phenoxy) is 6. The molecule has 2 saturated heterocycles. The fourth-order valence-electron chi connectivity index (χ4n) is 14.0. The lowest BCUT2D eigenvalue weighted by Crippen LogP contribution is -2.38. The summed E-state index contributed by atoms with van der Waals surface area (Å²) in [7, 11) is -13.6. The second kappa shape index (κ2) is 32.6. The number of hydrogen-bond acceptors (Lipinski definition) is 23. The molecule has 12 rings (SSSR count). The molecule has 104 heavy (non-hydrogen) atoms. The number of alkyl halides is 2. The Balaban J connectivity index is 0.000000169. The molecule has 0 radical (unpaired) electrons. The number of aryl methyl sites for hydroxylation is 4. The van der Waals surface area contributed by atoms with E-state index in [0.717, 1.165) is 35.1 Å². The summed E-state index contributed by atoms with van der Waals surface area (Å²) in [5, 5.41) is 20.4. The lowest BCUT2D eigenvalue weighted by atomic mass is 9.94. The van der Waals surface area contributed by atoms with E-state index in [4.69, 9.17) is 32.1 Å². The van der Waals surface area contributed by atoms with Gasteiger partial charge in [0.2, 0.25) is 0 Å². The number of nitriles is 2. The number of fused-ring (bicyclic) bond motifs is 2. The van der Waals surface area contributed by atoms with Gasteiger partial charge in [-0.05, 0) is 158 Å². The van der Waals surface area contributed by atoms with Crippen LogP contribution < -0.4 is 9.47 Å². The Hall–Kier alpha value is -8.33. The standard InChI is InChI=1S/2C29H29O6S2.C16H22F2N4O7S/c2*1-18-13-23(36(21-9-5-3-6-10-21)22-11-7-4-8-12-22)14-19(2)27(18)33-17-26(30)34-28-20-15-24-25(16-20)37(31,32)35-29(24)28;1-4-28-12(23)5-7-14(2,9-19)21-22-15(3,10-20)8-6-13(24)29-11-16(17,18)30(25,26)27/h2*3-14,20,24-25,28-29H,15-17H2,1-2H3;4-8,11H2,1-3H3,(H,25,26,27)/q2*+1;/p-1. The highest BCUT2D eigenvalue weighted by Gasteiger charge is 2.66. The third-order valence-corrected chi connectivity index (χ3v) is 27.7.